The predicted molar refractivity (Wildman–Crippen MR) is 401 cm³/mol. The number of nitrogens with one attached hydrogen (secondary N) is 1. The molecule has 1 aliphatic heterocycles. The van der Waals surface area contributed by atoms with Crippen molar-refractivity contribution in [1.82, 2.24) is 9.38 Å². The largest absolute Gasteiger partial charge is 0.354 e. The maximum atomic E-state index is 4.21. The Kier molecular flexibility index (Phi) is 11.5. The quantitative estimate of drug-likeness (QED) is 0.166. The van der Waals surface area contributed by atoms with Gasteiger partial charge in [0.1, 0.15) is 0 Å². The van der Waals surface area contributed by atoms with Gasteiger partial charge in [0.25, 0.3) is 0 Å². The van der Waals surface area contributed by atoms with Crippen LogP contribution >= 0.6 is 0 Å². The summed E-state index contributed by atoms with van der Waals surface area (Å²) >= 11 is 0. The first kappa shape index (κ1) is 57.8. The van der Waals surface area contributed by atoms with Gasteiger partial charge in [-0.3, -0.25) is 0 Å². The second-order valence-electron chi connectivity index (χ2n) is 35.4. The lowest BCUT2D eigenvalue weighted by Crippen LogP contribution is -2.35. The molecule has 1 radical (unpaired) electrons. The third-order valence-electron chi connectivity index (χ3n) is 25.7. The molecule has 0 bridgehead atoms. The van der Waals surface area contributed by atoms with Gasteiger partial charge in [0.2, 0.25) is 0 Å². The van der Waals surface area contributed by atoms with Gasteiger partial charge in [-0.15, -0.1) is 0 Å². The Morgan fingerprint density at radius 1 is 0.301 bits per heavy atom. The zero-order valence-corrected chi connectivity index (χ0v) is 58.1. The highest BCUT2D eigenvalue weighted by atomic mass is 14.9. The van der Waals surface area contributed by atoms with Gasteiger partial charge in [-0.2, -0.15) is 0 Å². The summed E-state index contributed by atoms with van der Waals surface area (Å²) in [5.74, 6) is 0. The number of hydrogen-bond acceptors (Lipinski definition) is 0. The lowest BCUT2D eigenvalue weighted by Gasteiger charge is -2.42. The average Bonchev–Trinajstić information content (AvgIpc) is 1.51. The van der Waals surface area contributed by atoms with Crippen molar-refractivity contribution >= 4 is 88.9 Å². The van der Waals surface area contributed by atoms with Crippen molar-refractivity contribution in [1.29, 1.82) is 0 Å². The molecule has 0 amide bonds. The van der Waals surface area contributed by atoms with E-state index >= 15 is 0 Å². The summed E-state index contributed by atoms with van der Waals surface area (Å²) < 4.78 is 2.73. The number of H-pyrrole nitrogens is 1. The Hall–Kier alpha value is -7.88. The minimum absolute atomic E-state index is 0.0608. The summed E-state index contributed by atoms with van der Waals surface area (Å²) in [5.41, 5.74) is 34.6. The monoisotopic (exact) mass is 1210 g/mol. The van der Waals surface area contributed by atoms with Crippen molar-refractivity contribution in [3.05, 3.63) is 196 Å². The number of benzene rings is 10. The van der Waals surface area contributed by atoms with E-state index in [4.69, 9.17) is 0 Å². The Balaban J connectivity index is 0.935. The molecule has 10 aromatic carbocycles. The normalized spacial score (nSPS) is 19.8. The first-order valence-corrected chi connectivity index (χ1v) is 35.3. The first-order valence-electron chi connectivity index (χ1n) is 35.3. The van der Waals surface area contributed by atoms with Crippen LogP contribution in [0.25, 0.3) is 126 Å². The van der Waals surface area contributed by atoms with Crippen molar-refractivity contribution < 1.29 is 0 Å². The molecule has 13 aromatic rings. The van der Waals surface area contributed by atoms with E-state index < -0.39 is 0 Å². The van der Waals surface area contributed by atoms with Gasteiger partial charge >= 0.3 is 0 Å². The van der Waals surface area contributed by atoms with Gasteiger partial charge in [0.15, 0.2) is 7.28 Å². The van der Waals surface area contributed by atoms with Crippen LogP contribution < -0.4 is 10.9 Å². The van der Waals surface area contributed by atoms with Gasteiger partial charge in [0, 0.05) is 54.4 Å². The highest BCUT2D eigenvalue weighted by Gasteiger charge is 2.42. The molecule has 5 aliphatic rings. The second kappa shape index (κ2) is 18.5. The van der Waals surface area contributed by atoms with E-state index in [0.717, 1.165) is 5.52 Å². The Bertz CT molecular complexity index is 5480. The molecule has 3 heteroatoms. The highest BCUT2D eigenvalue weighted by Crippen LogP contribution is 2.55. The van der Waals surface area contributed by atoms with Crippen LogP contribution in [-0.2, 0) is 43.3 Å². The molecule has 3 aromatic heterocycles. The van der Waals surface area contributed by atoms with E-state index in [9.17, 15) is 0 Å². The number of aromatic nitrogens is 2. The van der Waals surface area contributed by atoms with Gasteiger partial charge in [0.05, 0.1) is 11.0 Å². The maximum Gasteiger partial charge on any atom is 0.197 e. The molecule has 463 valence electrons. The van der Waals surface area contributed by atoms with Gasteiger partial charge in [-0.25, -0.2) is 0 Å². The fourth-order valence-corrected chi connectivity index (χ4v) is 19.3. The SMILES string of the molecule is CC1(C)CCC(C)(C)c2cc(-c3ccc4[nH]c5c(-c6c7c8c(c9ccccc69)c6cc(-c9ccc%10c(c9)C(C)(C)CCC%10(C)C)cc9c%10cc(-c%11ccc%12c(c%11)C(C)(C)CCC%12(C)C)cc(c%10n8c96)[B]7)cc(-c6ccc7c(c6)C(C)(C)CCC7(C)C)cc5c4c3)ccc21. The lowest BCUT2D eigenvalue weighted by atomic mass is 9.58. The Morgan fingerprint density at radius 3 is 1.15 bits per heavy atom. The van der Waals surface area contributed by atoms with Gasteiger partial charge < -0.3 is 9.38 Å². The third-order valence-corrected chi connectivity index (χ3v) is 25.7. The molecule has 2 nitrogen and oxygen atoms in total. The Labute approximate surface area is 552 Å². The van der Waals surface area contributed by atoms with Crippen molar-refractivity contribution in [2.45, 2.75) is 205 Å². The molecule has 0 saturated carbocycles. The fourth-order valence-electron chi connectivity index (χ4n) is 19.3. The molecular formula is C90H90BN2. The number of nitrogens with zero attached hydrogens (tertiary/aromatic N) is 1. The van der Waals surface area contributed by atoms with Crippen LogP contribution in [-0.4, -0.2) is 16.7 Å². The molecule has 0 fully saturated rings. The van der Waals surface area contributed by atoms with E-state index in [1.54, 1.807) is 0 Å². The standard InChI is InChI=1S/C90H90BN2/c1-83(2)31-35-87(9,10)70-45-51(21-26-66(70)83)50-25-30-75-60(39-50)61-40-55(52-22-27-67-71(46-52)88(11,12)36-32-84(67,3)4)43-64(79(61)92-75)76-58-19-17-18-20-59(58)77-65-44-56(53-23-28-68-72(47-53)89(13,14)37-33-85(68,5)6)41-62-63-42-57(49-74-81(63)93(80(62)65)82(77)78(76)91-74)54-24-29-69-73(48-54)90(15,16)38-34-86(69,7)8/h17-30,39-49,92H,31-38H2,1-16H3. The zero-order valence-electron chi connectivity index (χ0n) is 58.1. The molecule has 0 unspecified atom stereocenters. The lowest BCUT2D eigenvalue weighted by molar-refractivity contribution is 0.332. The summed E-state index contributed by atoms with van der Waals surface area (Å²) in [6.07, 6.45) is 9.52. The van der Waals surface area contributed by atoms with Crippen LogP contribution in [0.4, 0.5) is 0 Å². The minimum Gasteiger partial charge on any atom is -0.354 e. The summed E-state index contributed by atoms with van der Waals surface area (Å²) in [4.78, 5) is 4.21. The molecule has 1 N–H and O–H groups in total. The van der Waals surface area contributed by atoms with E-state index in [2.05, 4.69) is 279 Å². The van der Waals surface area contributed by atoms with Crippen LogP contribution in [0.1, 0.15) is 207 Å². The number of hydrogen-bond donors (Lipinski definition) is 1. The van der Waals surface area contributed by atoms with Gasteiger partial charge in [-0.05, 0) is 248 Å². The molecule has 4 heterocycles. The smallest absolute Gasteiger partial charge is 0.197 e. The van der Waals surface area contributed by atoms with Crippen LogP contribution in [0.15, 0.2) is 152 Å². The van der Waals surface area contributed by atoms with Crippen molar-refractivity contribution in [2.24, 2.45) is 0 Å². The fraction of sp³-hybridized carbons (Fsp3) is 0.356. The van der Waals surface area contributed by atoms with E-state index in [-0.39, 0.29) is 43.3 Å². The zero-order chi connectivity index (χ0) is 64.4. The first-order chi connectivity index (χ1) is 44.0. The summed E-state index contributed by atoms with van der Waals surface area (Å²) in [6, 6.07) is 62.0. The molecule has 93 heavy (non-hydrogen) atoms. The summed E-state index contributed by atoms with van der Waals surface area (Å²) in [5, 5.41) is 10.5. The van der Waals surface area contributed by atoms with Crippen LogP contribution in [0.5, 0.6) is 0 Å². The molecule has 4 aliphatic carbocycles. The Morgan fingerprint density at radius 2 is 0.667 bits per heavy atom. The van der Waals surface area contributed by atoms with Crippen LogP contribution in [0.3, 0.4) is 0 Å². The average molecular weight is 1210 g/mol. The van der Waals surface area contributed by atoms with Crippen molar-refractivity contribution in [3.8, 4) is 55.6 Å². The third kappa shape index (κ3) is 8.13. The molecule has 0 atom stereocenters. The topological polar surface area (TPSA) is 20.2 Å². The highest BCUT2D eigenvalue weighted by molar-refractivity contribution is 6.76. The van der Waals surface area contributed by atoms with Gasteiger partial charge in [-0.1, -0.05) is 225 Å². The number of aromatic amines is 1. The summed E-state index contributed by atoms with van der Waals surface area (Å²) in [7, 11) is 2.62. The molecule has 0 spiro atoms. The van der Waals surface area contributed by atoms with Crippen molar-refractivity contribution in [3.63, 3.8) is 0 Å². The molecular weight excluding hydrogens is 1120 g/mol. The van der Waals surface area contributed by atoms with Crippen molar-refractivity contribution in [2.75, 3.05) is 0 Å². The second-order valence-corrected chi connectivity index (χ2v) is 35.4. The predicted octanol–water partition coefficient (Wildman–Crippen LogP) is 23.3. The minimum atomic E-state index is 0.0608. The van der Waals surface area contributed by atoms with Crippen LogP contribution in [0, 0.1) is 0 Å². The molecule has 18 rings (SSSR count). The van der Waals surface area contributed by atoms with Crippen LogP contribution in [0.2, 0.25) is 0 Å². The number of fused-ring (bicyclic) bond motifs is 11. The van der Waals surface area contributed by atoms with E-state index in [1.165, 1.54) is 228 Å². The number of rotatable bonds is 5. The van der Waals surface area contributed by atoms with E-state index in [1.807, 2.05) is 0 Å². The summed E-state index contributed by atoms with van der Waals surface area (Å²) in [6.45, 7) is 39.3. The van der Waals surface area contributed by atoms with E-state index in [0.29, 0.717) is 0 Å². The molecule has 0 saturated heterocycles. The maximum absolute atomic E-state index is 4.21.